The van der Waals surface area contributed by atoms with Gasteiger partial charge in [0.15, 0.2) is 0 Å². The molecule has 1 aliphatic rings. The van der Waals surface area contributed by atoms with Crippen molar-refractivity contribution in [1.82, 2.24) is 5.32 Å². The number of ether oxygens (including phenoxy) is 1. The highest BCUT2D eigenvalue weighted by Gasteiger charge is 2.11. The highest BCUT2D eigenvalue weighted by molar-refractivity contribution is 5.39. The maximum atomic E-state index is 5.71. The Labute approximate surface area is 110 Å². The molecule has 1 heterocycles. The predicted octanol–water partition coefficient (Wildman–Crippen LogP) is 1.88. The van der Waals surface area contributed by atoms with Crippen molar-refractivity contribution in [2.75, 3.05) is 19.7 Å². The van der Waals surface area contributed by atoms with E-state index in [0.717, 1.165) is 51.1 Å². The third-order valence-electron chi connectivity index (χ3n) is 3.36. The molecular weight excluding hydrogens is 224 g/mol. The van der Waals surface area contributed by atoms with Crippen molar-refractivity contribution in [2.45, 2.75) is 38.6 Å². The molecule has 18 heavy (non-hydrogen) atoms. The van der Waals surface area contributed by atoms with Crippen LogP contribution in [0.15, 0.2) is 18.2 Å². The Hall–Kier alpha value is -1.06. The van der Waals surface area contributed by atoms with E-state index in [2.05, 4.69) is 30.4 Å². The molecule has 3 nitrogen and oxygen atoms in total. The highest BCUT2D eigenvalue weighted by Crippen LogP contribution is 2.25. The normalized spacial score (nSPS) is 15.2. The van der Waals surface area contributed by atoms with Gasteiger partial charge < -0.3 is 15.8 Å². The van der Waals surface area contributed by atoms with E-state index in [-0.39, 0.29) is 0 Å². The average Bonchev–Trinajstić information content (AvgIpc) is 2.80. The fourth-order valence-electron chi connectivity index (χ4n) is 2.30. The number of nitrogens with one attached hydrogen (secondary N) is 1. The predicted molar refractivity (Wildman–Crippen MR) is 75.1 cm³/mol. The first-order chi connectivity index (χ1) is 8.75. The number of nitrogens with two attached hydrogens (primary N) is 1. The number of hydrogen-bond acceptors (Lipinski definition) is 3. The van der Waals surface area contributed by atoms with Crippen LogP contribution in [0.25, 0.3) is 0 Å². The van der Waals surface area contributed by atoms with E-state index in [0.29, 0.717) is 6.04 Å². The van der Waals surface area contributed by atoms with Gasteiger partial charge in [-0.1, -0.05) is 12.1 Å². The minimum atomic E-state index is 0.323. The summed E-state index contributed by atoms with van der Waals surface area (Å²) < 4.78 is 5.51. The fourth-order valence-corrected chi connectivity index (χ4v) is 2.30. The van der Waals surface area contributed by atoms with E-state index in [1.54, 1.807) is 0 Å². The molecule has 1 aromatic rings. The summed E-state index contributed by atoms with van der Waals surface area (Å²) in [7, 11) is 0. The standard InChI is InChI=1S/C15H24N2O/c1-12(16)3-2-8-17-9-6-13-4-5-15-14(11-13)7-10-18-15/h4-5,11-12,17H,2-3,6-10,16H2,1H3. The van der Waals surface area contributed by atoms with Gasteiger partial charge in [0, 0.05) is 12.5 Å². The maximum absolute atomic E-state index is 5.71. The van der Waals surface area contributed by atoms with Crippen molar-refractivity contribution in [3.05, 3.63) is 29.3 Å². The summed E-state index contributed by atoms with van der Waals surface area (Å²) in [5.74, 6) is 1.07. The zero-order valence-corrected chi connectivity index (χ0v) is 11.2. The molecule has 0 fully saturated rings. The topological polar surface area (TPSA) is 47.3 Å². The Morgan fingerprint density at radius 1 is 1.39 bits per heavy atom. The Kier molecular flexibility index (Phi) is 5.02. The van der Waals surface area contributed by atoms with Gasteiger partial charge in [0.05, 0.1) is 6.61 Å². The SMILES string of the molecule is CC(N)CCCNCCc1ccc2c(c1)CCO2. The average molecular weight is 248 g/mol. The van der Waals surface area contributed by atoms with E-state index in [9.17, 15) is 0 Å². The van der Waals surface area contributed by atoms with Crippen LogP contribution in [-0.2, 0) is 12.8 Å². The molecule has 0 amide bonds. The van der Waals surface area contributed by atoms with Crippen molar-refractivity contribution < 1.29 is 4.74 Å². The van der Waals surface area contributed by atoms with Gasteiger partial charge in [0.2, 0.25) is 0 Å². The summed E-state index contributed by atoms with van der Waals surface area (Å²) in [6.07, 6.45) is 4.41. The van der Waals surface area contributed by atoms with Crippen LogP contribution in [0, 0.1) is 0 Å². The Bertz CT molecular complexity index is 377. The molecule has 2 rings (SSSR count). The summed E-state index contributed by atoms with van der Waals surface area (Å²) in [5, 5.41) is 3.47. The minimum Gasteiger partial charge on any atom is -0.493 e. The van der Waals surface area contributed by atoms with Crippen LogP contribution in [0.4, 0.5) is 0 Å². The lowest BCUT2D eigenvalue weighted by Gasteiger charge is -2.07. The van der Waals surface area contributed by atoms with Crippen LogP contribution >= 0.6 is 0 Å². The second-order valence-electron chi connectivity index (χ2n) is 5.16. The summed E-state index contributed by atoms with van der Waals surface area (Å²) in [6, 6.07) is 6.89. The lowest BCUT2D eigenvalue weighted by atomic mass is 10.1. The van der Waals surface area contributed by atoms with Crippen LogP contribution in [0.2, 0.25) is 0 Å². The van der Waals surface area contributed by atoms with E-state index in [1.807, 2.05) is 0 Å². The van der Waals surface area contributed by atoms with Gasteiger partial charge in [-0.3, -0.25) is 0 Å². The summed E-state index contributed by atoms with van der Waals surface area (Å²) in [5.41, 5.74) is 8.48. The van der Waals surface area contributed by atoms with Crippen LogP contribution in [0.1, 0.15) is 30.9 Å². The number of benzene rings is 1. The van der Waals surface area contributed by atoms with Crippen molar-refractivity contribution in [3.8, 4) is 5.75 Å². The van der Waals surface area contributed by atoms with Crippen LogP contribution in [0.5, 0.6) is 5.75 Å². The van der Waals surface area contributed by atoms with Crippen LogP contribution in [0.3, 0.4) is 0 Å². The summed E-state index contributed by atoms with van der Waals surface area (Å²) in [4.78, 5) is 0. The molecule has 1 aromatic carbocycles. The molecule has 3 heteroatoms. The van der Waals surface area contributed by atoms with Gasteiger partial charge in [-0.2, -0.15) is 0 Å². The Balaban J connectivity index is 1.65. The summed E-state index contributed by atoms with van der Waals surface area (Å²) >= 11 is 0. The molecule has 100 valence electrons. The van der Waals surface area contributed by atoms with Gasteiger partial charge in [0.1, 0.15) is 5.75 Å². The molecule has 1 unspecified atom stereocenters. The molecule has 0 saturated carbocycles. The maximum Gasteiger partial charge on any atom is 0.122 e. The van der Waals surface area contributed by atoms with E-state index in [4.69, 9.17) is 10.5 Å². The van der Waals surface area contributed by atoms with Crippen molar-refractivity contribution >= 4 is 0 Å². The Morgan fingerprint density at radius 3 is 3.11 bits per heavy atom. The van der Waals surface area contributed by atoms with E-state index >= 15 is 0 Å². The molecule has 0 aromatic heterocycles. The van der Waals surface area contributed by atoms with Gasteiger partial charge >= 0.3 is 0 Å². The third-order valence-corrected chi connectivity index (χ3v) is 3.36. The molecule has 0 saturated heterocycles. The number of rotatable bonds is 7. The molecular formula is C15H24N2O. The van der Waals surface area contributed by atoms with Gasteiger partial charge in [0.25, 0.3) is 0 Å². The minimum absolute atomic E-state index is 0.323. The number of fused-ring (bicyclic) bond motifs is 1. The summed E-state index contributed by atoms with van der Waals surface area (Å²) in [6.45, 7) is 5.01. The van der Waals surface area contributed by atoms with Crippen molar-refractivity contribution in [2.24, 2.45) is 5.73 Å². The quantitative estimate of drug-likeness (QED) is 0.724. The first-order valence-corrected chi connectivity index (χ1v) is 6.96. The third kappa shape index (κ3) is 4.00. The molecule has 1 atom stereocenters. The van der Waals surface area contributed by atoms with Gasteiger partial charge in [-0.25, -0.2) is 0 Å². The Morgan fingerprint density at radius 2 is 2.28 bits per heavy atom. The zero-order chi connectivity index (χ0) is 12.8. The molecule has 0 spiro atoms. The van der Waals surface area contributed by atoms with Crippen molar-refractivity contribution in [1.29, 1.82) is 0 Å². The first kappa shape index (κ1) is 13.4. The van der Waals surface area contributed by atoms with E-state index < -0.39 is 0 Å². The smallest absolute Gasteiger partial charge is 0.122 e. The number of hydrogen-bond donors (Lipinski definition) is 2. The fraction of sp³-hybridized carbons (Fsp3) is 0.600. The van der Waals surface area contributed by atoms with E-state index in [1.165, 1.54) is 11.1 Å². The molecule has 0 radical (unpaired) electrons. The lowest BCUT2D eigenvalue weighted by Crippen LogP contribution is -2.21. The second-order valence-corrected chi connectivity index (χ2v) is 5.16. The van der Waals surface area contributed by atoms with Gasteiger partial charge in [-0.15, -0.1) is 0 Å². The molecule has 0 bridgehead atoms. The second kappa shape index (κ2) is 6.76. The lowest BCUT2D eigenvalue weighted by molar-refractivity contribution is 0.357. The zero-order valence-electron chi connectivity index (χ0n) is 11.2. The molecule has 1 aliphatic heterocycles. The van der Waals surface area contributed by atoms with Crippen LogP contribution < -0.4 is 15.8 Å². The van der Waals surface area contributed by atoms with Crippen molar-refractivity contribution in [3.63, 3.8) is 0 Å². The highest BCUT2D eigenvalue weighted by atomic mass is 16.5. The monoisotopic (exact) mass is 248 g/mol. The largest absolute Gasteiger partial charge is 0.493 e. The first-order valence-electron chi connectivity index (χ1n) is 6.96. The molecule has 3 N–H and O–H groups in total. The van der Waals surface area contributed by atoms with Crippen LogP contribution in [-0.4, -0.2) is 25.7 Å². The van der Waals surface area contributed by atoms with Gasteiger partial charge in [-0.05, 0) is 56.5 Å². The molecule has 0 aliphatic carbocycles.